The Morgan fingerprint density at radius 2 is 2.10 bits per heavy atom. The van der Waals surface area contributed by atoms with E-state index < -0.39 is 0 Å². The molecule has 0 atom stereocenters. The summed E-state index contributed by atoms with van der Waals surface area (Å²) in [6.07, 6.45) is 2.15. The van der Waals surface area contributed by atoms with Crippen LogP contribution >= 0.6 is 0 Å². The number of nitrogens with zero attached hydrogens (tertiary/aromatic N) is 1. The number of benzene rings is 1. The number of piperidine rings is 1. The molecule has 0 saturated carbocycles. The van der Waals surface area contributed by atoms with Crippen LogP contribution in [0.5, 0.6) is 0 Å². The van der Waals surface area contributed by atoms with Crippen molar-refractivity contribution in [3.63, 3.8) is 0 Å². The van der Waals surface area contributed by atoms with Crippen molar-refractivity contribution in [1.82, 2.24) is 5.32 Å². The van der Waals surface area contributed by atoms with E-state index in [-0.39, 0.29) is 18.6 Å². The van der Waals surface area contributed by atoms with Crippen LogP contribution in [-0.4, -0.2) is 45.8 Å². The van der Waals surface area contributed by atoms with E-state index in [1.165, 1.54) is 5.56 Å². The molecule has 1 aromatic rings. The minimum absolute atomic E-state index is 0.0953. The molecule has 5 nitrogen and oxygen atoms in total. The Hall–Kier alpha value is -1.59. The van der Waals surface area contributed by atoms with Crippen LogP contribution in [0.3, 0.4) is 0 Å². The summed E-state index contributed by atoms with van der Waals surface area (Å²) in [6.45, 7) is 4.11. The second kappa shape index (κ2) is 7.43. The SMILES string of the molecule is Cc1ccc(NC(=O)COC2CCNCC2)cc1N(C)C. The lowest BCUT2D eigenvalue weighted by Crippen LogP contribution is -2.34. The van der Waals surface area contributed by atoms with E-state index in [4.69, 9.17) is 4.74 Å². The van der Waals surface area contributed by atoms with Crippen molar-refractivity contribution in [2.24, 2.45) is 0 Å². The molecule has 2 rings (SSSR count). The lowest BCUT2D eigenvalue weighted by molar-refractivity contribution is -0.123. The van der Waals surface area contributed by atoms with Gasteiger partial charge in [-0.25, -0.2) is 0 Å². The summed E-state index contributed by atoms with van der Waals surface area (Å²) < 4.78 is 5.66. The zero-order chi connectivity index (χ0) is 15.2. The Labute approximate surface area is 126 Å². The standard InChI is InChI=1S/C16H25N3O2/c1-12-4-5-13(10-15(12)19(2)3)18-16(20)11-21-14-6-8-17-9-7-14/h4-5,10,14,17H,6-9,11H2,1-3H3,(H,18,20). The van der Waals surface area contributed by atoms with E-state index in [2.05, 4.69) is 17.6 Å². The minimum atomic E-state index is -0.0953. The summed E-state index contributed by atoms with van der Waals surface area (Å²) in [6, 6.07) is 5.92. The molecule has 1 heterocycles. The molecule has 1 saturated heterocycles. The lowest BCUT2D eigenvalue weighted by Gasteiger charge is -2.22. The first-order chi connectivity index (χ1) is 10.1. The zero-order valence-corrected chi connectivity index (χ0v) is 13.1. The van der Waals surface area contributed by atoms with Crippen molar-refractivity contribution in [2.75, 3.05) is 44.0 Å². The summed E-state index contributed by atoms with van der Waals surface area (Å²) in [5, 5.41) is 6.18. The molecule has 0 radical (unpaired) electrons. The van der Waals surface area contributed by atoms with Gasteiger partial charge in [0.2, 0.25) is 5.91 Å². The van der Waals surface area contributed by atoms with Gasteiger partial charge in [0, 0.05) is 25.5 Å². The molecular weight excluding hydrogens is 266 g/mol. The van der Waals surface area contributed by atoms with Crippen LogP contribution < -0.4 is 15.5 Å². The molecule has 1 aliphatic heterocycles. The number of ether oxygens (including phenoxy) is 1. The van der Waals surface area contributed by atoms with Gasteiger partial charge in [0.1, 0.15) is 6.61 Å². The maximum absolute atomic E-state index is 12.0. The van der Waals surface area contributed by atoms with Gasteiger partial charge in [-0.3, -0.25) is 4.79 Å². The third-order valence-corrected chi connectivity index (χ3v) is 3.71. The fraction of sp³-hybridized carbons (Fsp3) is 0.562. The Bertz CT molecular complexity index is 482. The topological polar surface area (TPSA) is 53.6 Å². The summed E-state index contributed by atoms with van der Waals surface area (Å²) >= 11 is 0. The van der Waals surface area contributed by atoms with Crippen LogP contribution in [-0.2, 0) is 9.53 Å². The average molecular weight is 291 g/mol. The largest absolute Gasteiger partial charge is 0.377 e. The van der Waals surface area contributed by atoms with Crippen LogP contribution in [0.15, 0.2) is 18.2 Å². The Balaban J connectivity index is 1.85. The predicted octanol–water partition coefficient (Wildman–Crippen LogP) is 1.77. The van der Waals surface area contributed by atoms with Crippen LogP contribution in [0.25, 0.3) is 0 Å². The van der Waals surface area contributed by atoms with Crippen molar-refractivity contribution >= 4 is 17.3 Å². The summed E-state index contributed by atoms with van der Waals surface area (Å²) in [7, 11) is 3.99. The van der Waals surface area contributed by atoms with E-state index >= 15 is 0 Å². The van der Waals surface area contributed by atoms with Crippen LogP contribution in [0.4, 0.5) is 11.4 Å². The molecule has 1 fully saturated rings. The van der Waals surface area contributed by atoms with Crippen molar-refractivity contribution in [2.45, 2.75) is 25.9 Å². The number of nitrogens with one attached hydrogen (secondary N) is 2. The lowest BCUT2D eigenvalue weighted by atomic mass is 10.1. The summed E-state index contributed by atoms with van der Waals surface area (Å²) in [4.78, 5) is 14.0. The van der Waals surface area contributed by atoms with Crippen molar-refractivity contribution in [3.05, 3.63) is 23.8 Å². The predicted molar refractivity (Wildman–Crippen MR) is 86.0 cm³/mol. The van der Waals surface area contributed by atoms with Gasteiger partial charge in [0.15, 0.2) is 0 Å². The molecular formula is C16H25N3O2. The molecule has 0 bridgehead atoms. The first-order valence-electron chi connectivity index (χ1n) is 7.46. The van der Waals surface area contributed by atoms with E-state index in [0.29, 0.717) is 0 Å². The van der Waals surface area contributed by atoms with Crippen LogP contribution in [0.1, 0.15) is 18.4 Å². The van der Waals surface area contributed by atoms with Gasteiger partial charge in [-0.2, -0.15) is 0 Å². The first-order valence-corrected chi connectivity index (χ1v) is 7.46. The number of rotatable bonds is 5. The van der Waals surface area contributed by atoms with E-state index in [1.54, 1.807) is 0 Å². The van der Waals surface area contributed by atoms with E-state index in [9.17, 15) is 4.79 Å². The minimum Gasteiger partial charge on any atom is -0.377 e. The molecule has 1 aliphatic rings. The number of amides is 1. The monoisotopic (exact) mass is 291 g/mol. The van der Waals surface area contributed by atoms with E-state index in [1.807, 2.05) is 37.2 Å². The van der Waals surface area contributed by atoms with Crippen molar-refractivity contribution < 1.29 is 9.53 Å². The summed E-state index contributed by atoms with van der Waals surface area (Å²) in [5.41, 5.74) is 3.10. The van der Waals surface area contributed by atoms with Gasteiger partial charge in [0.25, 0.3) is 0 Å². The molecule has 5 heteroatoms. The highest BCUT2D eigenvalue weighted by atomic mass is 16.5. The highest BCUT2D eigenvalue weighted by Crippen LogP contribution is 2.22. The van der Waals surface area contributed by atoms with Gasteiger partial charge in [0.05, 0.1) is 6.10 Å². The molecule has 1 aromatic carbocycles. The number of carbonyl (C=O) groups is 1. The fourth-order valence-corrected chi connectivity index (χ4v) is 2.52. The average Bonchev–Trinajstić information content (AvgIpc) is 2.48. The molecule has 116 valence electrons. The molecule has 0 unspecified atom stereocenters. The fourth-order valence-electron chi connectivity index (χ4n) is 2.52. The Morgan fingerprint density at radius 1 is 1.38 bits per heavy atom. The second-order valence-electron chi connectivity index (χ2n) is 5.70. The van der Waals surface area contributed by atoms with Crippen LogP contribution in [0.2, 0.25) is 0 Å². The highest BCUT2D eigenvalue weighted by molar-refractivity contribution is 5.92. The van der Waals surface area contributed by atoms with Gasteiger partial charge in [-0.15, -0.1) is 0 Å². The molecule has 0 aromatic heterocycles. The maximum atomic E-state index is 12.0. The van der Waals surface area contributed by atoms with E-state index in [0.717, 1.165) is 37.3 Å². The highest BCUT2D eigenvalue weighted by Gasteiger charge is 2.15. The van der Waals surface area contributed by atoms with Gasteiger partial charge in [-0.1, -0.05) is 6.07 Å². The number of hydrogen-bond acceptors (Lipinski definition) is 4. The van der Waals surface area contributed by atoms with Crippen LogP contribution in [0, 0.1) is 6.92 Å². The van der Waals surface area contributed by atoms with Gasteiger partial charge in [-0.05, 0) is 50.6 Å². The quantitative estimate of drug-likeness (QED) is 0.868. The zero-order valence-electron chi connectivity index (χ0n) is 13.1. The number of anilines is 2. The van der Waals surface area contributed by atoms with Gasteiger partial charge < -0.3 is 20.3 Å². The molecule has 1 amide bonds. The first kappa shape index (κ1) is 15.8. The number of aryl methyl sites for hydroxylation is 1. The smallest absolute Gasteiger partial charge is 0.250 e. The molecule has 0 spiro atoms. The third kappa shape index (κ3) is 4.72. The Morgan fingerprint density at radius 3 is 2.76 bits per heavy atom. The van der Waals surface area contributed by atoms with Crippen molar-refractivity contribution in [3.8, 4) is 0 Å². The number of carbonyl (C=O) groups excluding carboxylic acids is 1. The van der Waals surface area contributed by atoms with Crippen molar-refractivity contribution in [1.29, 1.82) is 0 Å². The van der Waals surface area contributed by atoms with Gasteiger partial charge >= 0.3 is 0 Å². The normalized spacial score (nSPS) is 15.8. The third-order valence-electron chi connectivity index (χ3n) is 3.71. The molecule has 0 aliphatic carbocycles. The summed E-state index contributed by atoms with van der Waals surface area (Å²) in [5.74, 6) is -0.0953. The Kier molecular flexibility index (Phi) is 5.59. The number of hydrogen-bond donors (Lipinski definition) is 2. The molecule has 21 heavy (non-hydrogen) atoms. The maximum Gasteiger partial charge on any atom is 0.250 e. The molecule has 2 N–H and O–H groups in total. The second-order valence-corrected chi connectivity index (χ2v) is 5.70.